The first-order valence-electron chi connectivity index (χ1n) is 12.9. The lowest BCUT2D eigenvalue weighted by atomic mass is 9.93. The number of hydrogen-bond acceptors (Lipinski definition) is 3. The zero-order valence-electron chi connectivity index (χ0n) is 21.5. The average molecular weight is 471 g/mol. The van der Waals surface area contributed by atoms with Gasteiger partial charge in [0, 0.05) is 23.8 Å². The Bertz CT molecular complexity index is 1080. The number of nitrogens with zero attached hydrogens (tertiary/aromatic N) is 2. The van der Waals surface area contributed by atoms with E-state index in [2.05, 4.69) is 84.0 Å². The van der Waals surface area contributed by atoms with Crippen molar-refractivity contribution in [2.45, 2.75) is 78.1 Å². The summed E-state index contributed by atoms with van der Waals surface area (Å²) in [6.07, 6.45) is 13.5. The maximum atomic E-state index is 6.40. The van der Waals surface area contributed by atoms with Gasteiger partial charge in [0.15, 0.2) is 0 Å². The highest BCUT2D eigenvalue weighted by atomic mass is 16.5. The minimum absolute atomic E-state index is 0.484. The Hall–Kier alpha value is -3.34. The molecule has 0 aliphatic carbocycles. The molecule has 0 unspecified atom stereocenters. The van der Waals surface area contributed by atoms with Gasteiger partial charge in [-0.25, -0.2) is 9.97 Å². The van der Waals surface area contributed by atoms with Gasteiger partial charge in [0.25, 0.3) is 0 Å². The molecule has 184 valence electrons. The van der Waals surface area contributed by atoms with Crippen LogP contribution in [0.1, 0.15) is 86.0 Å². The molecule has 0 spiro atoms. The maximum Gasteiger partial charge on any atom is 0.127 e. The number of hydrogen-bond donors (Lipinski definition) is 2. The van der Waals surface area contributed by atoms with E-state index >= 15 is 0 Å². The van der Waals surface area contributed by atoms with Gasteiger partial charge in [0.05, 0.1) is 12.7 Å². The van der Waals surface area contributed by atoms with Gasteiger partial charge in [-0.1, -0.05) is 39.8 Å². The van der Waals surface area contributed by atoms with E-state index in [0.717, 1.165) is 50.0 Å². The Morgan fingerprint density at radius 2 is 1.11 bits per heavy atom. The minimum Gasteiger partial charge on any atom is -0.457 e. The molecule has 0 aliphatic rings. The number of aromatic amines is 2. The molecule has 2 aromatic heterocycles. The Balaban J connectivity index is 1.47. The summed E-state index contributed by atoms with van der Waals surface area (Å²) in [4.78, 5) is 14.7. The molecule has 0 amide bonds. The van der Waals surface area contributed by atoms with Crippen LogP contribution in [0, 0.1) is 0 Å². The van der Waals surface area contributed by atoms with E-state index in [4.69, 9.17) is 4.74 Å². The van der Waals surface area contributed by atoms with Crippen molar-refractivity contribution in [3.8, 4) is 11.5 Å². The third-order valence-electron chi connectivity index (χ3n) is 6.60. The first-order valence-corrected chi connectivity index (χ1v) is 12.9. The molecule has 5 nitrogen and oxygen atoms in total. The average Bonchev–Trinajstić information content (AvgIpc) is 3.54. The lowest BCUT2D eigenvalue weighted by Crippen LogP contribution is -2.01. The van der Waals surface area contributed by atoms with Crippen molar-refractivity contribution in [3.05, 3.63) is 95.1 Å². The van der Waals surface area contributed by atoms with Crippen LogP contribution in [0.15, 0.2) is 61.4 Å². The van der Waals surface area contributed by atoms with Crippen molar-refractivity contribution in [2.75, 3.05) is 0 Å². The molecule has 0 bridgehead atoms. The lowest BCUT2D eigenvalue weighted by Gasteiger charge is -2.17. The molecule has 2 heterocycles. The zero-order chi connectivity index (χ0) is 24.6. The molecule has 0 saturated heterocycles. The van der Waals surface area contributed by atoms with E-state index in [9.17, 15) is 0 Å². The quantitative estimate of drug-likeness (QED) is 0.225. The molecule has 5 heteroatoms. The fourth-order valence-corrected chi connectivity index (χ4v) is 4.77. The van der Waals surface area contributed by atoms with Crippen LogP contribution in [-0.4, -0.2) is 19.9 Å². The monoisotopic (exact) mass is 470 g/mol. The molecule has 4 rings (SSSR count). The topological polar surface area (TPSA) is 66.6 Å². The van der Waals surface area contributed by atoms with Gasteiger partial charge >= 0.3 is 0 Å². The van der Waals surface area contributed by atoms with Crippen LogP contribution >= 0.6 is 0 Å². The van der Waals surface area contributed by atoms with E-state index in [1.54, 1.807) is 12.7 Å². The first-order chi connectivity index (χ1) is 17.0. The van der Waals surface area contributed by atoms with E-state index in [1.165, 1.54) is 33.6 Å². The van der Waals surface area contributed by atoms with Gasteiger partial charge in [-0.05, 0) is 96.9 Å². The molecule has 2 N–H and O–H groups in total. The van der Waals surface area contributed by atoms with Crippen molar-refractivity contribution in [1.82, 2.24) is 19.9 Å². The minimum atomic E-state index is 0.484. The Labute approximate surface area is 209 Å². The Morgan fingerprint density at radius 3 is 1.49 bits per heavy atom. The van der Waals surface area contributed by atoms with Crippen LogP contribution in [0.5, 0.6) is 11.5 Å². The van der Waals surface area contributed by atoms with Gasteiger partial charge in [-0.2, -0.15) is 0 Å². The van der Waals surface area contributed by atoms with Crippen molar-refractivity contribution in [3.63, 3.8) is 0 Å². The van der Waals surface area contributed by atoms with Crippen LogP contribution in [-0.2, 0) is 25.7 Å². The number of imidazole rings is 2. The maximum absolute atomic E-state index is 6.40. The SMILES string of the molecule is CC(C)c1ccc(Oc2ccc(C(C)C)c(CCCc3cnc[nH]3)c2)cc1CCCc1cnc[nH]1. The normalized spacial score (nSPS) is 11.5. The molecule has 0 fully saturated rings. The highest BCUT2D eigenvalue weighted by Gasteiger charge is 2.12. The van der Waals surface area contributed by atoms with Crippen molar-refractivity contribution in [1.29, 1.82) is 0 Å². The Morgan fingerprint density at radius 1 is 0.657 bits per heavy atom. The summed E-state index contributed by atoms with van der Waals surface area (Å²) in [6, 6.07) is 13.2. The van der Waals surface area contributed by atoms with Crippen LogP contribution < -0.4 is 4.74 Å². The summed E-state index contributed by atoms with van der Waals surface area (Å²) >= 11 is 0. The number of ether oxygens (including phenoxy) is 1. The van der Waals surface area contributed by atoms with Gasteiger partial charge < -0.3 is 14.7 Å². The fraction of sp³-hybridized carbons (Fsp3) is 0.400. The molecule has 0 aliphatic heterocycles. The summed E-state index contributed by atoms with van der Waals surface area (Å²) in [5.41, 5.74) is 7.92. The van der Waals surface area contributed by atoms with Crippen LogP contribution in [0.25, 0.3) is 0 Å². The van der Waals surface area contributed by atoms with Gasteiger partial charge in [-0.3, -0.25) is 0 Å². The molecule has 0 saturated carbocycles. The van der Waals surface area contributed by atoms with Crippen molar-refractivity contribution >= 4 is 0 Å². The third-order valence-corrected chi connectivity index (χ3v) is 6.60. The summed E-state index contributed by atoms with van der Waals surface area (Å²) < 4.78 is 6.40. The second kappa shape index (κ2) is 11.9. The van der Waals surface area contributed by atoms with Crippen molar-refractivity contribution < 1.29 is 4.74 Å². The molecule has 4 aromatic rings. The predicted octanol–water partition coefficient (Wildman–Crippen LogP) is 7.52. The molecule has 35 heavy (non-hydrogen) atoms. The van der Waals surface area contributed by atoms with E-state index in [-0.39, 0.29) is 0 Å². The van der Waals surface area contributed by atoms with Gasteiger partial charge in [-0.15, -0.1) is 0 Å². The summed E-state index contributed by atoms with van der Waals surface area (Å²) in [7, 11) is 0. The highest BCUT2D eigenvalue weighted by molar-refractivity contribution is 5.43. The lowest BCUT2D eigenvalue weighted by molar-refractivity contribution is 0.480. The van der Waals surface area contributed by atoms with E-state index in [0.29, 0.717) is 11.8 Å². The smallest absolute Gasteiger partial charge is 0.127 e. The molecule has 0 atom stereocenters. The second-order valence-corrected chi connectivity index (χ2v) is 9.99. The summed E-state index contributed by atoms with van der Waals surface area (Å²) in [5.74, 6) is 2.79. The Kier molecular flexibility index (Phi) is 8.40. The van der Waals surface area contributed by atoms with E-state index in [1.807, 2.05) is 12.4 Å². The number of aryl methyl sites for hydroxylation is 4. The fourth-order valence-electron chi connectivity index (χ4n) is 4.77. The number of rotatable bonds is 12. The van der Waals surface area contributed by atoms with Crippen LogP contribution in [0.2, 0.25) is 0 Å². The molecule has 2 aromatic carbocycles. The first kappa shape index (κ1) is 24.8. The van der Waals surface area contributed by atoms with Gasteiger partial charge in [0.1, 0.15) is 11.5 Å². The standard InChI is InChI=1S/C30H38N4O/c1-21(2)29-13-11-27(15-23(29)7-5-9-25-17-31-19-33-25)35-28-12-14-30(22(3)4)24(16-28)8-6-10-26-18-32-20-34-26/h11-22H,5-10H2,1-4H3,(H,31,33)(H,32,34). The van der Waals surface area contributed by atoms with Crippen LogP contribution in [0.4, 0.5) is 0 Å². The summed E-state index contributed by atoms with van der Waals surface area (Å²) in [5, 5.41) is 0. The molecular formula is C30H38N4O. The second-order valence-electron chi connectivity index (χ2n) is 9.99. The van der Waals surface area contributed by atoms with E-state index < -0.39 is 0 Å². The number of benzene rings is 2. The number of aromatic nitrogens is 4. The van der Waals surface area contributed by atoms with Gasteiger partial charge in [0.2, 0.25) is 0 Å². The molecule has 0 radical (unpaired) electrons. The largest absolute Gasteiger partial charge is 0.457 e. The molecular weight excluding hydrogens is 432 g/mol. The predicted molar refractivity (Wildman–Crippen MR) is 142 cm³/mol. The summed E-state index contributed by atoms with van der Waals surface area (Å²) in [6.45, 7) is 9.03. The number of H-pyrrole nitrogens is 2. The van der Waals surface area contributed by atoms with Crippen LogP contribution in [0.3, 0.4) is 0 Å². The zero-order valence-corrected chi connectivity index (χ0v) is 21.5. The third kappa shape index (κ3) is 6.84. The van der Waals surface area contributed by atoms with Crippen molar-refractivity contribution in [2.24, 2.45) is 0 Å². The number of nitrogens with one attached hydrogen (secondary N) is 2. The highest BCUT2D eigenvalue weighted by Crippen LogP contribution is 2.31.